The highest BCUT2D eigenvalue weighted by atomic mass is 32.1. The molecular formula is C20H20N4O3S. The number of nitrogens with zero attached hydrogens (tertiary/aromatic N) is 4. The number of ether oxygens (including phenoxy) is 1. The van der Waals surface area contributed by atoms with Crippen LogP contribution in [-0.2, 0) is 16.1 Å². The van der Waals surface area contributed by atoms with Crippen LogP contribution in [0.25, 0.3) is 10.8 Å². The number of hydrogen-bond donors (Lipinski definition) is 0. The van der Waals surface area contributed by atoms with E-state index in [1.165, 1.54) is 4.90 Å². The molecule has 0 radical (unpaired) electrons. The highest BCUT2D eigenvalue weighted by Gasteiger charge is 2.25. The first-order chi connectivity index (χ1) is 13.5. The molecule has 0 aliphatic carbocycles. The van der Waals surface area contributed by atoms with Gasteiger partial charge in [-0.1, -0.05) is 30.3 Å². The van der Waals surface area contributed by atoms with Crippen molar-refractivity contribution in [2.45, 2.75) is 26.5 Å². The molecule has 0 spiro atoms. The number of benzene rings is 1. The Kier molecular flexibility index (Phi) is 6.10. The normalized spacial score (nSPS) is 11.7. The van der Waals surface area contributed by atoms with Crippen molar-refractivity contribution in [2.24, 2.45) is 0 Å². The Balaban J connectivity index is 1.65. The lowest BCUT2D eigenvalue weighted by atomic mass is 10.2. The summed E-state index contributed by atoms with van der Waals surface area (Å²) in [7, 11) is 1.68. The third-order valence-corrected chi connectivity index (χ3v) is 5.14. The lowest BCUT2D eigenvalue weighted by molar-refractivity contribution is -0.139. The number of carbonyl (C=O) groups excluding carboxylic acids is 2. The quantitative estimate of drug-likeness (QED) is 0.595. The molecule has 8 heteroatoms. The average molecular weight is 396 g/mol. The first-order valence-corrected chi connectivity index (χ1v) is 9.52. The second-order valence-corrected chi connectivity index (χ2v) is 7.23. The lowest BCUT2D eigenvalue weighted by Gasteiger charge is -2.21. The molecule has 0 N–H and O–H groups in total. The molecule has 0 aliphatic rings. The summed E-state index contributed by atoms with van der Waals surface area (Å²) in [5.74, 6) is -0.404. The summed E-state index contributed by atoms with van der Waals surface area (Å²) in [6.45, 7) is 3.73. The Labute approximate surface area is 167 Å². The predicted octanol–water partition coefficient (Wildman–Crippen LogP) is 3.11. The molecule has 7 nitrogen and oxygen atoms in total. The first kappa shape index (κ1) is 19.6. The third-order valence-electron chi connectivity index (χ3n) is 4.01. The van der Waals surface area contributed by atoms with Gasteiger partial charge in [0.25, 0.3) is 5.91 Å². The van der Waals surface area contributed by atoms with E-state index >= 15 is 0 Å². The van der Waals surface area contributed by atoms with Crippen molar-refractivity contribution in [2.75, 3.05) is 7.05 Å². The van der Waals surface area contributed by atoms with Gasteiger partial charge in [-0.2, -0.15) is 0 Å². The van der Waals surface area contributed by atoms with Crippen molar-refractivity contribution in [3.8, 4) is 10.8 Å². The molecule has 1 amide bonds. The second-order valence-electron chi connectivity index (χ2n) is 6.23. The fourth-order valence-electron chi connectivity index (χ4n) is 2.60. The number of hydrogen-bond acceptors (Lipinski definition) is 7. The number of esters is 1. The highest BCUT2D eigenvalue weighted by molar-refractivity contribution is 7.16. The average Bonchev–Trinajstić information content (AvgIpc) is 3.10. The van der Waals surface area contributed by atoms with Crippen LogP contribution in [0.15, 0.2) is 48.8 Å². The Hall–Kier alpha value is -3.13. The molecular weight excluding hydrogens is 376 g/mol. The number of aromatic nitrogens is 3. The topological polar surface area (TPSA) is 85.3 Å². The molecule has 1 atom stereocenters. The zero-order valence-corrected chi connectivity index (χ0v) is 16.6. The summed E-state index contributed by atoms with van der Waals surface area (Å²) >= 11 is 1.15. The smallest absolute Gasteiger partial charge is 0.351 e. The monoisotopic (exact) mass is 396 g/mol. The second kappa shape index (κ2) is 8.71. The van der Waals surface area contributed by atoms with Gasteiger partial charge in [0.1, 0.15) is 4.88 Å². The van der Waals surface area contributed by atoms with Crippen LogP contribution in [0.4, 0.5) is 0 Å². The molecule has 3 rings (SSSR count). The maximum atomic E-state index is 12.5. The van der Waals surface area contributed by atoms with E-state index < -0.39 is 12.1 Å². The molecule has 0 fully saturated rings. The molecule has 144 valence electrons. The summed E-state index contributed by atoms with van der Waals surface area (Å²) < 4.78 is 5.39. The number of amides is 1. The number of likely N-dealkylation sites (N-methyl/N-ethyl adjacent to an activating group) is 1. The Morgan fingerprint density at radius 2 is 1.82 bits per heavy atom. The maximum absolute atomic E-state index is 12.5. The summed E-state index contributed by atoms with van der Waals surface area (Å²) in [6.07, 6.45) is 2.32. The van der Waals surface area contributed by atoms with Crippen LogP contribution >= 0.6 is 11.3 Å². The number of aryl methyl sites for hydroxylation is 1. The number of rotatable bonds is 6. The van der Waals surface area contributed by atoms with Crippen LogP contribution in [0.2, 0.25) is 0 Å². The summed E-state index contributed by atoms with van der Waals surface area (Å²) in [4.78, 5) is 39.6. The van der Waals surface area contributed by atoms with Crippen molar-refractivity contribution < 1.29 is 14.3 Å². The largest absolute Gasteiger partial charge is 0.448 e. The lowest BCUT2D eigenvalue weighted by Crippen LogP contribution is -2.37. The van der Waals surface area contributed by atoms with Crippen LogP contribution < -0.4 is 0 Å². The van der Waals surface area contributed by atoms with Crippen molar-refractivity contribution in [3.05, 3.63) is 64.9 Å². The third kappa shape index (κ3) is 4.58. The summed E-state index contributed by atoms with van der Waals surface area (Å²) in [6, 6.07) is 11.3. The SMILES string of the molecule is Cc1nc(-c2ncccn2)sc1C(=O)OC(C)C(=O)N(C)Cc1ccccc1. The van der Waals surface area contributed by atoms with Crippen LogP contribution in [0.1, 0.15) is 27.9 Å². The molecule has 1 unspecified atom stereocenters. The van der Waals surface area contributed by atoms with Gasteiger partial charge in [0.15, 0.2) is 16.9 Å². The first-order valence-electron chi connectivity index (χ1n) is 8.70. The summed E-state index contributed by atoms with van der Waals surface area (Å²) in [5.41, 5.74) is 1.53. The zero-order valence-electron chi connectivity index (χ0n) is 15.8. The van der Waals surface area contributed by atoms with Crippen LogP contribution in [-0.4, -0.2) is 44.9 Å². The van der Waals surface area contributed by atoms with Gasteiger partial charge in [0.05, 0.1) is 5.69 Å². The molecule has 1 aromatic carbocycles. The molecule has 0 saturated carbocycles. The zero-order chi connectivity index (χ0) is 20.1. The van der Waals surface area contributed by atoms with E-state index in [0.717, 1.165) is 16.9 Å². The van der Waals surface area contributed by atoms with Crippen LogP contribution in [0, 0.1) is 6.92 Å². The van der Waals surface area contributed by atoms with E-state index in [1.807, 2.05) is 30.3 Å². The van der Waals surface area contributed by atoms with Crippen molar-refractivity contribution in [1.29, 1.82) is 0 Å². The van der Waals surface area contributed by atoms with Gasteiger partial charge in [0.2, 0.25) is 0 Å². The number of carbonyl (C=O) groups is 2. The Bertz CT molecular complexity index is 960. The van der Waals surface area contributed by atoms with Gasteiger partial charge >= 0.3 is 5.97 Å². The Morgan fingerprint density at radius 3 is 2.50 bits per heavy atom. The molecule has 3 aromatic rings. The number of thiazole rings is 1. The van der Waals surface area contributed by atoms with E-state index in [9.17, 15) is 9.59 Å². The molecule has 2 heterocycles. The molecule has 0 bridgehead atoms. The Morgan fingerprint density at radius 1 is 1.14 bits per heavy atom. The van der Waals surface area contributed by atoms with E-state index in [0.29, 0.717) is 27.9 Å². The van der Waals surface area contributed by atoms with Gasteiger partial charge in [-0.3, -0.25) is 4.79 Å². The predicted molar refractivity (Wildman–Crippen MR) is 106 cm³/mol. The molecule has 2 aromatic heterocycles. The van der Waals surface area contributed by atoms with Gasteiger partial charge in [-0.15, -0.1) is 11.3 Å². The van der Waals surface area contributed by atoms with Crippen LogP contribution in [0.5, 0.6) is 0 Å². The standard InChI is InChI=1S/C20H20N4O3S/c1-13-16(28-18(23-13)17-21-10-7-11-22-17)20(26)27-14(2)19(25)24(3)12-15-8-5-4-6-9-15/h4-11,14H,12H2,1-3H3. The summed E-state index contributed by atoms with van der Waals surface area (Å²) in [5, 5.41) is 0.533. The van der Waals surface area contributed by atoms with E-state index in [1.54, 1.807) is 39.4 Å². The molecule has 0 aliphatic heterocycles. The van der Waals surface area contributed by atoms with Crippen LogP contribution in [0.3, 0.4) is 0 Å². The van der Waals surface area contributed by atoms with E-state index in [2.05, 4.69) is 15.0 Å². The van der Waals surface area contributed by atoms with Gasteiger partial charge in [-0.05, 0) is 25.5 Å². The van der Waals surface area contributed by atoms with Gasteiger partial charge in [-0.25, -0.2) is 19.7 Å². The minimum Gasteiger partial charge on any atom is -0.448 e. The molecule has 28 heavy (non-hydrogen) atoms. The van der Waals surface area contributed by atoms with Crippen molar-refractivity contribution in [3.63, 3.8) is 0 Å². The van der Waals surface area contributed by atoms with E-state index in [4.69, 9.17) is 4.74 Å². The fraction of sp³-hybridized carbons (Fsp3) is 0.250. The molecule has 0 saturated heterocycles. The highest BCUT2D eigenvalue weighted by Crippen LogP contribution is 2.26. The van der Waals surface area contributed by atoms with Gasteiger partial charge < -0.3 is 9.64 Å². The minimum absolute atomic E-state index is 0.272. The van der Waals surface area contributed by atoms with E-state index in [-0.39, 0.29) is 5.91 Å². The fourth-order valence-corrected chi connectivity index (χ4v) is 3.50. The minimum atomic E-state index is -0.904. The maximum Gasteiger partial charge on any atom is 0.351 e. The van der Waals surface area contributed by atoms with Crippen molar-refractivity contribution in [1.82, 2.24) is 19.9 Å². The van der Waals surface area contributed by atoms with Crippen molar-refractivity contribution >= 4 is 23.2 Å². The van der Waals surface area contributed by atoms with Gasteiger partial charge in [0, 0.05) is 26.0 Å².